The monoisotopic (exact) mass is 1780 g/mol. The average molecular weight is 1780 g/mol. The first-order valence-electron chi connectivity index (χ1n) is 46.4. The molecule has 12 aromatic rings. The molecule has 6 N–H and O–H groups in total. The third kappa shape index (κ3) is 21.2. The van der Waals surface area contributed by atoms with Crippen LogP contribution in [0.15, 0.2) is 128 Å². The minimum absolute atomic E-state index is 0.00669. The summed E-state index contributed by atoms with van der Waals surface area (Å²) in [5.74, 6) is 4.91. The van der Waals surface area contributed by atoms with Crippen LogP contribution in [0.5, 0.6) is 0 Å². The maximum absolute atomic E-state index is 13.0. The molecule has 20 rings (SSSR count). The van der Waals surface area contributed by atoms with Gasteiger partial charge in [0.25, 0.3) is 17.7 Å². The van der Waals surface area contributed by atoms with Crippen LogP contribution in [-0.4, -0.2) is 346 Å². The van der Waals surface area contributed by atoms with E-state index >= 15 is 0 Å². The van der Waals surface area contributed by atoms with Crippen LogP contribution in [0.2, 0.25) is 0 Å². The van der Waals surface area contributed by atoms with Crippen molar-refractivity contribution < 1.29 is 19.5 Å². The van der Waals surface area contributed by atoms with E-state index in [2.05, 4.69) is 176 Å². The number of amides is 3. The molecular weight excluding hydrogens is 1660 g/mol. The molecule has 692 valence electrons. The number of fused-ring (bicyclic) bond motifs is 4. The number of likely N-dealkylation sites (N-methyl/N-ethyl adjacent to an activating group) is 3. The van der Waals surface area contributed by atoms with E-state index in [4.69, 9.17) is 15.0 Å². The van der Waals surface area contributed by atoms with Crippen LogP contribution in [-0.2, 0) is 6.61 Å². The van der Waals surface area contributed by atoms with Gasteiger partial charge in [0, 0.05) is 252 Å². The summed E-state index contributed by atoms with van der Waals surface area (Å²) in [6, 6.07) is 26.0. The van der Waals surface area contributed by atoms with E-state index in [1.54, 1.807) is 69.4 Å². The molecule has 3 amide bonds. The number of nitrogens with one attached hydrogen (secondary N) is 5. The second-order valence-corrected chi connectivity index (χ2v) is 35.7. The van der Waals surface area contributed by atoms with E-state index in [0.717, 1.165) is 293 Å². The molecule has 0 bridgehead atoms. The molecule has 8 aliphatic heterocycles. The van der Waals surface area contributed by atoms with Crippen LogP contribution in [0.3, 0.4) is 0 Å². The lowest BCUT2D eigenvalue weighted by atomic mass is 10.2. The summed E-state index contributed by atoms with van der Waals surface area (Å²) < 4.78 is 8.09. The van der Waals surface area contributed by atoms with E-state index in [9.17, 15) is 19.5 Å². The maximum Gasteiger partial charge on any atom is 0.272 e. The van der Waals surface area contributed by atoms with E-state index in [1.165, 1.54) is 19.3 Å². The maximum atomic E-state index is 13.0. The summed E-state index contributed by atoms with van der Waals surface area (Å²) in [7, 11) is 17.1. The molecule has 8 saturated heterocycles. The molecule has 0 spiro atoms. The average Bonchev–Trinajstić information content (AvgIpc) is 1.54. The van der Waals surface area contributed by atoms with Gasteiger partial charge in [-0.25, -0.2) is 53.9 Å². The molecular formula is C93H126N34O4. The third-order valence-electron chi connectivity index (χ3n) is 25.6. The van der Waals surface area contributed by atoms with Crippen molar-refractivity contribution in [3.63, 3.8) is 0 Å². The summed E-state index contributed by atoms with van der Waals surface area (Å²) in [6.45, 7) is 23.8. The van der Waals surface area contributed by atoms with E-state index < -0.39 is 0 Å². The van der Waals surface area contributed by atoms with Gasteiger partial charge in [-0.15, -0.1) is 0 Å². The highest BCUT2D eigenvalue weighted by Gasteiger charge is 2.30. The molecule has 0 aliphatic carbocycles. The highest BCUT2D eigenvalue weighted by atomic mass is 16.3. The molecule has 38 nitrogen and oxygen atoms in total. The van der Waals surface area contributed by atoms with Crippen LogP contribution in [0.1, 0.15) is 108 Å². The number of aliphatic hydroxyl groups is 1. The van der Waals surface area contributed by atoms with Crippen molar-refractivity contribution in [3.8, 4) is 0 Å². The number of piperidine rings is 1. The Balaban J connectivity index is 0.000000122. The van der Waals surface area contributed by atoms with E-state index in [1.807, 2.05) is 101 Å². The van der Waals surface area contributed by atoms with Crippen molar-refractivity contribution in [1.82, 2.24) is 108 Å². The lowest BCUT2D eigenvalue weighted by Crippen LogP contribution is -2.44. The number of anilines is 12. The Morgan fingerprint density at radius 3 is 0.977 bits per heavy atom. The van der Waals surface area contributed by atoms with Crippen LogP contribution in [0.4, 0.5) is 69.7 Å². The lowest BCUT2D eigenvalue weighted by molar-refractivity contribution is 0.0810. The molecule has 12 aromatic heterocycles. The molecule has 0 atom stereocenters. The van der Waals surface area contributed by atoms with Crippen LogP contribution in [0, 0.1) is 0 Å². The first kappa shape index (κ1) is 89.9. The van der Waals surface area contributed by atoms with Crippen molar-refractivity contribution in [2.24, 2.45) is 0 Å². The molecule has 0 aromatic carbocycles. The van der Waals surface area contributed by atoms with Crippen molar-refractivity contribution in [3.05, 3.63) is 151 Å². The highest BCUT2D eigenvalue weighted by molar-refractivity contribution is 6.00. The number of nitrogens with zero attached hydrogens (tertiary/aromatic N) is 29. The number of rotatable bonds is 20. The summed E-state index contributed by atoms with van der Waals surface area (Å²) in [5.41, 5.74) is 10.5. The molecule has 0 radical (unpaired) electrons. The second-order valence-electron chi connectivity index (χ2n) is 35.7. The van der Waals surface area contributed by atoms with Crippen molar-refractivity contribution >= 4 is 131 Å². The SMILES string of the molecule is CN(C)C(=O)c1cc2cnc(Nc3ccc(N4CCNCC4)cn3)cc2n1N1CCCC1.CN1CCN(c2ccc(Nc3ncc4cc(C(=O)N(C)C)n(N5CCCC5)c4n3)nc2)CC1.CN1CCN(c2ccc(Nc3ncc4cc(C(=O)N(C)C)n(N5CCCCCC5)c4n3)nc2)CC1.CN1CCN(c2ccc(Nc3ncc4cc(CO)n(N5CCCCC5)c4n3)nc2)CC1. The predicted octanol–water partition coefficient (Wildman–Crippen LogP) is 8.24. The minimum Gasteiger partial charge on any atom is -0.390 e. The summed E-state index contributed by atoms with van der Waals surface area (Å²) >= 11 is 0. The Labute approximate surface area is 765 Å². The molecule has 8 aliphatic rings. The summed E-state index contributed by atoms with van der Waals surface area (Å²) in [4.78, 5) is 111. The van der Waals surface area contributed by atoms with Crippen molar-refractivity contribution in [2.75, 3.05) is 281 Å². The number of hydrogen-bond acceptors (Lipinski definition) is 31. The Morgan fingerprint density at radius 1 is 0.321 bits per heavy atom. The lowest BCUT2D eigenvalue weighted by Gasteiger charge is -2.33. The van der Waals surface area contributed by atoms with Crippen molar-refractivity contribution in [2.45, 2.75) is 77.2 Å². The van der Waals surface area contributed by atoms with Gasteiger partial charge in [-0.3, -0.25) is 19.1 Å². The summed E-state index contributed by atoms with van der Waals surface area (Å²) in [6.07, 6.45) is 27.5. The van der Waals surface area contributed by atoms with Gasteiger partial charge >= 0.3 is 0 Å². The van der Waals surface area contributed by atoms with Gasteiger partial charge < -0.3 is 101 Å². The molecule has 131 heavy (non-hydrogen) atoms. The fraction of sp³-hybridized carbons (Fsp3) is 0.484. The number of hydrogen-bond donors (Lipinski definition) is 6. The van der Waals surface area contributed by atoms with Crippen molar-refractivity contribution in [1.29, 1.82) is 0 Å². The first-order valence-corrected chi connectivity index (χ1v) is 46.4. The second kappa shape index (κ2) is 41.4. The van der Waals surface area contributed by atoms with Gasteiger partial charge in [-0.1, -0.05) is 12.8 Å². The molecule has 0 unspecified atom stereocenters. The van der Waals surface area contributed by atoms with Gasteiger partial charge in [0.15, 0.2) is 16.9 Å². The van der Waals surface area contributed by atoms with Gasteiger partial charge in [-0.05, 0) is 152 Å². The van der Waals surface area contributed by atoms with Crippen LogP contribution >= 0.6 is 0 Å². The summed E-state index contributed by atoms with van der Waals surface area (Å²) in [5, 5.41) is 38.8. The quantitative estimate of drug-likeness (QED) is 0.0418. The number of aromatic nitrogens is 15. The Bertz CT molecular complexity index is 5820. The van der Waals surface area contributed by atoms with Gasteiger partial charge in [0.05, 0.1) is 65.4 Å². The first-order chi connectivity index (χ1) is 63.8. The molecule has 0 saturated carbocycles. The Hall–Kier alpha value is -13.0. The number of carbonyl (C=O) groups excluding carboxylic acids is 3. The normalized spacial score (nSPS) is 17.3. The third-order valence-corrected chi connectivity index (χ3v) is 25.6. The smallest absolute Gasteiger partial charge is 0.272 e. The fourth-order valence-corrected chi connectivity index (χ4v) is 18.1. The zero-order valence-corrected chi connectivity index (χ0v) is 77.2. The molecule has 8 fully saturated rings. The zero-order valence-electron chi connectivity index (χ0n) is 77.2. The molecule has 38 heteroatoms. The van der Waals surface area contributed by atoms with E-state index in [0.29, 0.717) is 52.4 Å². The Morgan fingerprint density at radius 2 is 0.618 bits per heavy atom. The van der Waals surface area contributed by atoms with Gasteiger partial charge in [0.2, 0.25) is 17.8 Å². The van der Waals surface area contributed by atoms with Gasteiger partial charge in [-0.2, -0.15) is 15.0 Å². The topological polar surface area (TPSA) is 338 Å². The fourth-order valence-electron chi connectivity index (χ4n) is 18.1. The number of pyridine rings is 5. The predicted molar refractivity (Wildman–Crippen MR) is 519 cm³/mol. The zero-order chi connectivity index (χ0) is 90.6. The molecule has 20 heterocycles. The number of carbonyl (C=O) groups is 3. The minimum atomic E-state index is -0.0458. The Kier molecular flexibility index (Phi) is 28.4. The van der Waals surface area contributed by atoms with Crippen LogP contribution in [0.25, 0.3) is 44.0 Å². The van der Waals surface area contributed by atoms with Gasteiger partial charge in [0.1, 0.15) is 46.2 Å². The highest BCUT2D eigenvalue weighted by Crippen LogP contribution is 2.32. The number of piperazine rings is 4. The van der Waals surface area contributed by atoms with E-state index in [-0.39, 0.29) is 24.3 Å². The number of aliphatic hydroxyl groups excluding tert-OH is 1. The standard InChI is InChI=1S/C25H35N9O.C23H31N9O.C23H30N8O.C22H30N8O/c1-30(2)24(35)21-16-19-17-27-25(29-23(19)34(21)33-10-6-4-5-7-11-33)28-22-9-8-20(18-26-22)32-14-12-31(3)13-15-32;1-28(2)22(33)19-14-17-15-25-23(27-21(17)32(19)31-8-4-5-9-31)26-20-7-6-18(16-24-20)30-12-10-29(3)11-13-30;1-28(2)23(32)20-13-17-15-25-22(14-19(17)31(20)30-9-3-4-10-30)27-21-6-5-18(16-26-21)29-11-7-24-8-12-29;1-27-9-11-28(12-10-27)18-5-6-20(23-15-18)25-22-24-14-17-13-19(16-31)30(21(17)26-22)29-7-3-2-4-8-29/h8-9,16-18H,4-7,10-15H2,1-3H3,(H,26,27,28,29);6-7,14-16H,4-5,8-13H2,1-3H3,(H,24,25,26,27);5-6,13-16,24H,3-4,7-12H2,1-2H3,(H,25,26,27);5-6,13-15,31H,2-4,7-12,16H2,1H3,(H,23,24,25,26). The largest absolute Gasteiger partial charge is 0.390 e. The van der Waals surface area contributed by atoms with Crippen LogP contribution < -0.4 is 66.2 Å².